The molecule has 0 unspecified atom stereocenters. The number of hydrogen-bond donors (Lipinski definition) is 2. The predicted molar refractivity (Wildman–Crippen MR) is 164 cm³/mol. The van der Waals surface area contributed by atoms with Crippen molar-refractivity contribution in [1.82, 2.24) is 24.6 Å². The largest absolute Gasteiger partial charge is 0.494 e. The van der Waals surface area contributed by atoms with Crippen LogP contribution in [0, 0.1) is 0 Å². The number of fused-ring (bicyclic) bond motifs is 1. The average molecular weight is 556 g/mol. The topological polar surface area (TPSA) is 118 Å². The van der Waals surface area contributed by atoms with Gasteiger partial charge in [-0.15, -0.1) is 5.10 Å². The van der Waals surface area contributed by atoms with E-state index in [0.29, 0.717) is 28.8 Å². The van der Waals surface area contributed by atoms with Crippen molar-refractivity contribution >= 4 is 45.5 Å². The number of nitrogens with two attached hydrogens (primary N) is 1. The Balaban J connectivity index is 1.52. The molecular weight excluding hydrogens is 518 g/mol. The molecule has 0 saturated carbocycles. The highest BCUT2D eigenvalue weighted by molar-refractivity contribution is 6.19. The van der Waals surface area contributed by atoms with E-state index in [1.807, 2.05) is 61.1 Å². The first-order valence-corrected chi connectivity index (χ1v) is 13.7. The van der Waals surface area contributed by atoms with Crippen LogP contribution in [0.4, 0.5) is 23.1 Å². The summed E-state index contributed by atoms with van der Waals surface area (Å²) >= 11 is 0. The second-order valence-corrected chi connectivity index (χ2v) is 10.4. The fraction of sp³-hybridized carbons (Fsp3) is 0.333. The fourth-order valence-electron chi connectivity index (χ4n) is 5.03. The third kappa shape index (κ3) is 5.80. The molecule has 0 spiro atoms. The van der Waals surface area contributed by atoms with Gasteiger partial charge in [-0.3, -0.25) is 4.79 Å². The molecule has 11 heteroatoms. The number of hydrogen-bond acceptors (Lipinski definition) is 9. The number of aromatic nitrogens is 4. The van der Waals surface area contributed by atoms with Crippen molar-refractivity contribution in [3.8, 4) is 11.6 Å². The molecule has 1 fully saturated rings. The molecule has 41 heavy (non-hydrogen) atoms. The first-order valence-electron chi connectivity index (χ1n) is 13.7. The van der Waals surface area contributed by atoms with Crippen LogP contribution in [-0.2, 0) is 4.79 Å². The lowest BCUT2D eigenvalue weighted by Gasteiger charge is -2.26. The van der Waals surface area contributed by atoms with Crippen molar-refractivity contribution in [1.29, 1.82) is 0 Å². The van der Waals surface area contributed by atoms with Gasteiger partial charge in [0.15, 0.2) is 11.6 Å². The fourth-order valence-corrected chi connectivity index (χ4v) is 5.03. The molecule has 5 rings (SSSR count). The van der Waals surface area contributed by atoms with Crippen LogP contribution in [0.25, 0.3) is 22.3 Å². The number of likely N-dealkylation sites (N-methyl/N-ethyl adjacent to an activating group) is 2. The van der Waals surface area contributed by atoms with E-state index in [0.717, 1.165) is 48.6 Å². The zero-order chi connectivity index (χ0) is 29.1. The highest BCUT2D eigenvalue weighted by Gasteiger charge is 2.22. The number of primary amides is 1. The third-order valence-corrected chi connectivity index (χ3v) is 7.31. The minimum atomic E-state index is -0.596. The second-order valence-electron chi connectivity index (χ2n) is 10.4. The summed E-state index contributed by atoms with van der Waals surface area (Å²) in [6, 6.07) is 13.7. The van der Waals surface area contributed by atoms with Gasteiger partial charge in [0.25, 0.3) is 0 Å². The standard InChI is InChI=1S/C30H37N9O2/c1-20(28(31)40)22-18-23(26(41-5)19-25(22)37(4)17-16-36(2)3)33-30-32-13-12-27(34-30)39-24-11-7-6-10-21(24)29(35-39)38-14-8-9-15-38/h6-7,10-13,18-19H,1,8-9,14-17H2,2-5H3,(H2,31,40)(H,32,33,34). The Hall–Kier alpha value is -4.64. The molecule has 1 amide bonds. The van der Waals surface area contributed by atoms with Crippen LogP contribution in [0.2, 0.25) is 0 Å². The van der Waals surface area contributed by atoms with Crippen LogP contribution in [-0.4, -0.2) is 85.0 Å². The SMILES string of the molecule is C=C(C(N)=O)c1cc(Nc2nccc(-n3nc(N4CCCC4)c4ccccc43)n2)c(OC)cc1N(C)CCN(C)C. The lowest BCUT2D eigenvalue weighted by Crippen LogP contribution is -2.29. The summed E-state index contributed by atoms with van der Waals surface area (Å²) in [5.41, 5.74) is 8.80. The lowest BCUT2D eigenvalue weighted by molar-refractivity contribution is -0.112. The summed E-state index contributed by atoms with van der Waals surface area (Å²) in [5.74, 6) is 1.92. The highest BCUT2D eigenvalue weighted by Crippen LogP contribution is 2.38. The van der Waals surface area contributed by atoms with Gasteiger partial charge in [0.2, 0.25) is 11.9 Å². The van der Waals surface area contributed by atoms with E-state index < -0.39 is 5.91 Å². The van der Waals surface area contributed by atoms with Crippen LogP contribution >= 0.6 is 0 Å². The van der Waals surface area contributed by atoms with Crippen molar-refractivity contribution in [2.24, 2.45) is 5.73 Å². The summed E-state index contributed by atoms with van der Waals surface area (Å²) in [5, 5.41) is 9.33. The summed E-state index contributed by atoms with van der Waals surface area (Å²) in [6.07, 6.45) is 4.02. The highest BCUT2D eigenvalue weighted by atomic mass is 16.5. The van der Waals surface area contributed by atoms with E-state index in [1.54, 1.807) is 19.4 Å². The molecule has 214 valence electrons. The van der Waals surface area contributed by atoms with Gasteiger partial charge in [-0.2, -0.15) is 4.98 Å². The van der Waals surface area contributed by atoms with Crippen molar-refractivity contribution in [3.63, 3.8) is 0 Å². The van der Waals surface area contributed by atoms with Gasteiger partial charge in [0.1, 0.15) is 5.75 Å². The minimum absolute atomic E-state index is 0.203. The summed E-state index contributed by atoms with van der Waals surface area (Å²) in [7, 11) is 7.58. The van der Waals surface area contributed by atoms with Crippen LogP contribution in [0.1, 0.15) is 18.4 Å². The molecule has 1 aliphatic rings. The molecule has 2 aromatic heterocycles. The normalized spacial score (nSPS) is 13.1. The Morgan fingerprint density at radius 2 is 1.88 bits per heavy atom. The number of nitrogens with one attached hydrogen (secondary N) is 1. The smallest absolute Gasteiger partial charge is 0.248 e. The van der Waals surface area contributed by atoms with Gasteiger partial charge >= 0.3 is 0 Å². The molecule has 0 atom stereocenters. The monoisotopic (exact) mass is 555 g/mol. The maximum absolute atomic E-state index is 12.2. The molecule has 2 aromatic carbocycles. The van der Waals surface area contributed by atoms with Crippen molar-refractivity contribution in [2.45, 2.75) is 12.8 Å². The zero-order valence-electron chi connectivity index (χ0n) is 24.1. The second kappa shape index (κ2) is 11.8. The number of ether oxygens (including phenoxy) is 1. The molecule has 0 bridgehead atoms. The molecule has 1 saturated heterocycles. The molecule has 4 aromatic rings. The first kappa shape index (κ1) is 27.9. The van der Waals surface area contributed by atoms with Crippen molar-refractivity contribution < 1.29 is 9.53 Å². The number of anilines is 4. The lowest BCUT2D eigenvalue weighted by atomic mass is 10.0. The molecule has 3 N–H and O–H groups in total. The van der Waals surface area contributed by atoms with E-state index in [-0.39, 0.29) is 5.57 Å². The van der Waals surface area contributed by atoms with Crippen molar-refractivity contribution in [3.05, 3.63) is 60.8 Å². The number of carbonyl (C=O) groups excluding carboxylic acids is 1. The van der Waals surface area contributed by atoms with E-state index in [9.17, 15) is 4.79 Å². The number of nitrogens with zero attached hydrogens (tertiary/aromatic N) is 7. The van der Waals surface area contributed by atoms with E-state index in [2.05, 4.69) is 32.7 Å². The van der Waals surface area contributed by atoms with E-state index >= 15 is 0 Å². The van der Waals surface area contributed by atoms with Gasteiger partial charge in [0.05, 0.1) is 18.3 Å². The van der Waals surface area contributed by atoms with E-state index in [1.165, 1.54) is 12.8 Å². The Kier molecular flexibility index (Phi) is 8.06. The van der Waals surface area contributed by atoms with Gasteiger partial charge in [0, 0.05) is 73.8 Å². The number of benzene rings is 2. The number of amides is 1. The van der Waals surface area contributed by atoms with Gasteiger partial charge in [-0.05, 0) is 45.1 Å². The van der Waals surface area contributed by atoms with Crippen LogP contribution in [0.5, 0.6) is 5.75 Å². The van der Waals surface area contributed by atoms with Gasteiger partial charge in [-0.1, -0.05) is 18.7 Å². The molecule has 0 radical (unpaired) electrons. The molecular formula is C30H37N9O2. The van der Waals surface area contributed by atoms with Crippen LogP contribution < -0.4 is 25.6 Å². The number of para-hydroxylation sites is 1. The summed E-state index contributed by atoms with van der Waals surface area (Å²) < 4.78 is 7.60. The maximum atomic E-state index is 12.2. The Bertz CT molecular complexity index is 1570. The van der Waals surface area contributed by atoms with Gasteiger partial charge in [-0.25, -0.2) is 9.67 Å². The maximum Gasteiger partial charge on any atom is 0.248 e. The number of rotatable bonds is 11. The van der Waals surface area contributed by atoms with Gasteiger partial charge < -0.3 is 30.5 Å². The number of methoxy groups -OCH3 is 1. The quantitative estimate of drug-likeness (QED) is 0.267. The van der Waals surface area contributed by atoms with E-state index in [4.69, 9.17) is 20.6 Å². The minimum Gasteiger partial charge on any atom is -0.494 e. The molecule has 1 aliphatic heterocycles. The summed E-state index contributed by atoms with van der Waals surface area (Å²) in [4.78, 5) is 27.9. The Labute approximate surface area is 240 Å². The average Bonchev–Trinajstić information content (AvgIpc) is 3.64. The predicted octanol–water partition coefficient (Wildman–Crippen LogP) is 3.66. The molecule has 0 aliphatic carbocycles. The Morgan fingerprint density at radius 3 is 2.59 bits per heavy atom. The zero-order valence-corrected chi connectivity index (χ0v) is 24.1. The summed E-state index contributed by atoms with van der Waals surface area (Å²) in [6.45, 7) is 7.50. The third-order valence-electron chi connectivity index (χ3n) is 7.31. The van der Waals surface area contributed by atoms with Crippen LogP contribution in [0.15, 0.2) is 55.2 Å². The van der Waals surface area contributed by atoms with Crippen molar-refractivity contribution in [2.75, 3.05) is 69.5 Å². The molecule has 3 heterocycles. The first-order chi connectivity index (χ1) is 19.8. The molecule has 11 nitrogen and oxygen atoms in total. The van der Waals surface area contributed by atoms with Crippen LogP contribution in [0.3, 0.4) is 0 Å². The number of carbonyl (C=O) groups is 1. The Morgan fingerprint density at radius 1 is 1.12 bits per heavy atom.